The molecule has 0 amide bonds. The van der Waals surface area contributed by atoms with Crippen LogP contribution in [0, 0.1) is 21.8 Å². The van der Waals surface area contributed by atoms with Crippen molar-refractivity contribution in [3.63, 3.8) is 0 Å². The molecule has 0 aliphatic carbocycles. The third-order valence-corrected chi connectivity index (χ3v) is 4.34. The zero-order valence-corrected chi connectivity index (χ0v) is 14.9. The lowest BCUT2D eigenvalue weighted by molar-refractivity contribution is 0.412. The number of aromatic nitrogens is 2. The van der Waals surface area contributed by atoms with Crippen LogP contribution in [0.25, 0.3) is 22.7 Å². The molecule has 5 heteroatoms. The Bertz CT molecular complexity index is 951. The van der Waals surface area contributed by atoms with Crippen LogP contribution in [0.2, 0.25) is 0 Å². The van der Waals surface area contributed by atoms with E-state index in [0.29, 0.717) is 11.4 Å². The summed E-state index contributed by atoms with van der Waals surface area (Å²) in [6.07, 6.45) is 1.83. The second kappa shape index (κ2) is 6.42. The van der Waals surface area contributed by atoms with Gasteiger partial charge < -0.3 is 9.72 Å². The minimum Gasteiger partial charge on any atom is -0.496 e. The number of rotatable bonds is 3. The van der Waals surface area contributed by atoms with Crippen LogP contribution >= 0.6 is 22.6 Å². The topological polar surface area (TPSA) is 61.7 Å². The number of imidazole rings is 1. The molecular formula is C18H14IN3O. The Morgan fingerprint density at radius 2 is 2.13 bits per heavy atom. The highest BCUT2D eigenvalue weighted by molar-refractivity contribution is 14.1. The maximum absolute atomic E-state index is 9.49. The van der Waals surface area contributed by atoms with Crippen LogP contribution in [-0.4, -0.2) is 17.1 Å². The molecule has 0 saturated carbocycles. The molecule has 23 heavy (non-hydrogen) atoms. The van der Waals surface area contributed by atoms with Crippen LogP contribution in [0.1, 0.15) is 17.0 Å². The van der Waals surface area contributed by atoms with Gasteiger partial charge in [-0.2, -0.15) is 5.26 Å². The summed E-state index contributed by atoms with van der Waals surface area (Å²) in [5.74, 6) is 1.40. The van der Waals surface area contributed by atoms with E-state index in [0.717, 1.165) is 31.5 Å². The largest absolute Gasteiger partial charge is 0.496 e. The van der Waals surface area contributed by atoms with Gasteiger partial charge in [0, 0.05) is 0 Å². The first-order chi connectivity index (χ1) is 11.1. The Kier molecular flexibility index (Phi) is 4.35. The molecular weight excluding hydrogens is 401 g/mol. The van der Waals surface area contributed by atoms with E-state index in [4.69, 9.17) is 4.74 Å². The summed E-state index contributed by atoms with van der Waals surface area (Å²) in [6, 6.07) is 14.0. The van der Waals surface area contributed by atoms with Gasteiger partial charge in [-0.1, -0.05) is 12.1 Å². The van der Waals surface area contributed by atoms with Crippen LogP contribution < -0.4 is 4.74 Å². The van der Waals surface area contributed by atoms with Crippen LogP contribution in [0.15, 0.2) is 36.4 Å². The molecule has 1 heterocycles. The van der Waals surface area contributed by atoms with E-state index in [1.807, 2.05) is 49.4 Å². The number of hydrogen-bond donors (Lipinski definition) is 1. The number of nitrogens with one attached hydrogen (secondary N) is 1. The molecule has 0 radical (unpaired) electrons. The van der Waals surface area contributed by atoms with E-state index >= 15 is 0 Å². The molecule has 1 N–H and O–H groups in total. The molecule has 0 bridgehead atoms. The number of benzene rings is 2. The molecule has 0 aliphatic heterocycles. The van der Waals surface area contributed by atoms with E-state index < -0.39 is 0 Å². The number of nitriles is 1. The minimum atomic E-state index is 0.500. The number of aryl methyl sites for hydroxylation is 1. The van der Waals surface area contributed by atoms with E-state index in [-0.39, 0.29) is 0 Å². The molecule has 3 rings (SSSR count). The van der Waals surface area contributed by atoms with E-state index in [1.54, 1.807) is 7.11 Å². The number of nitrogens with zero attached hydrogens (tertiary/aromatic N) is 2. The van der Waals surface area contributed by atoms with E-state index in [1.165, 1.54) is 0 Å². The van der Waals surface area contributed by atoms with E-state index in [2.05, 4.69) is 38.6 Å². The van der Waals surface area contributed by atoms with Gasteiger partial charge in [-0.15, -0.1) is 0 Å². The van der Waals surface area contributed by atoms with Gasteiger partial charge in [0.15, 0.2) is 0 Å². The Balaban J connectivity index is 2.04. The second-order valence-electron chi connectivity index (χ2n) is 5.17. The number of H-pyrrole nitrogens is 1. The van der Waals surface area contributed by atoms with Crippen molar-refractivity contribution in [2.24, 2.45) is 0 Å². The molecule has 0 saturated heterocycles. The summed E-state index contributed by atoms with van der Waals surface area (Å²) in [6.45, 7) is 2.03. The highest BCUT2D eigenvalue weighted by atomic mass is 127. The average molecular weight is 415 g/mol. The molecule has 114 valence electrons. The number of allylic oxidation sites excluding steroid dienone is 1. The standard InChI is InChI=1S/C18H14IN3O/c1-11-3-5-15-16(7-11)22-18(21-15)13(10-20)8-12-4-6-17(23-2)14(19)9-12/h3-9H,1-2H3,(H,21,22)/b13-8-. The summed E-state index contributed by atoms with van der Waals surface area (Å²) in [5, 5.41) is 9.49. The van der Waals surface area contributed by atoms with Gasteiger partial charge in [-0.3, -0.25) is 0 Å². The number of fused-ring (bicyclic) bond motifs is 1. The number of halogens is 1. The molecule has 3 aromatic rings. The first kappa shape index (κ1) is 15.6. The van der Waals surface area contributed by atoms with Crippen molar-refractivity contribution in [3.8, 4) is 11.8 Å². The van der Waals surface area contributed by atoms with Crippen molar-refractivity contribution in [1.29, 1.82) is 5.26 Å². The lowest BCUT2D eigenvalue weighted by Crippen LogP contribution is -1.88. The van der Waals surface area contributed by atoms with Gasteiger partial charge >= 0.3 is 0 Å². The number of ether oxygens (including phenoxy) is 1. The number of methoxy groups -OCH3 is 1. The van der Waals surface area contributed by atoms with E-state index in [9.17, 15) is 5.26 Å². The summed E-state index contributed by atoms with van der Waals surface area (Å²) < 4.78 is 6.25. The molecule has 0 fully saturated rings. The van der Waals surface area contributed by atoms with Gasteiger partial charge in [0.25, 0.3) is 0 Å². The summed E-state index contributed by atoms with van der Waals surface area (Å²) >= 11 is 2.21. The third kappa shape index (κ3) is 3.22. The monoisotopic (exact) mass is 415 g/mol. The minimum absolute atomic E-state index is 0.500. The summed E-state index contributed by atoms with van der Waals surface area (Å²) in [7, 11) is 1.64. The molecule has 1 aromatic heterocycles. The zero-order chi connectivity index (χ0) is 16.4. The van der Waals surface area contributed by atoms with Crippen molar-refractivity contribution in [3.05, 3.63) is 56.9 Å². The molecule has 0 atom stereocenters. The SMILES string of the molecule is COc1ccc(/C=C(/C#N)c2nc3ccc(C)cc3[nH]2)cc1I. The lowest BCUT2D eigenvalue weighted by atomic mass is 10.1. The first-order valence-corrected chi connectivity index (χ1v) is 8.10. The molecule has 2 aromatic carbocycles. The van der Waals surface area contributed by atoms with Crippen molar-refractivity contribution in [2.45, 2.75) is 6.92 Å². The predicted molar refractivity (Wildman–Crippen MR) is 100 cm³/mol. The highest BCUT2D eigenvalue weighted by Crippen LogP contribution is 2.25. The van der Waals surface area contributed by atoms with Gasteiger partial charge in [0.1, 0.15) is 17.6 Å². The number of aromatic amines is 1. The van der Waals surface area contributed by atoms with Gasteiger partial charge in [0.05, 0.1) is 27.3 Å². The fourth-order valence-electron chi connectivity index (χ4n) is 2.34. The maximum atomic E-state index is 9.49. The average Bonchev–Trinajstić information content (AvgIpc) is 2.95. The summed E-state index contributed by atoms with van der Waals surface area (Å²) in [4.78, 5) is 7.72. The Hall–Kier alpha value is -2.33. The Labute approximate surface area is 148 Å². The predicted octanol–water partition coefficient (Wildman–Crippen LogP) is 4.55. The lowest BCUT2D eigenvalue weighted by Gasteiger charge is -2.03. The van der Waals surface area contributed by atoms with Crippen molar-refractivity contribution in [2.75, 3.05) is 7.11 Å². The van der Waals surface area contributed by atoms with Crippen molar-refractivity contribution >= 4 is 45.3 Å². The summed E-state index contributed by atoms with van der Waals surface area (Å²) in [5.41, 5.74) is 4.38. The van der Waals surface area contributed by atoms with Crippen molar-refractivity contribution in [1.82, 2.24) is 9.97 Å². The Morgan fingerprint density at radius 3 is 2.83 bits per heavy atom. The van der Waals surface area contributed by atoms with Crippen LogP contribution in [-0.2, 0) is 0 Å². The fourth-order valence-corrected chi connectivity index (χ4v) is 3.10. The van der Waals surface area contributed by atoms with Gasteiger partial charge in [-0.25, -0.2) is 4.98 Å². The molecule has 0 unspecified atom stereocenters. The second-order valence-corrected chi connectivity index (χ2v) is 6.33. The number of hydrogen-bond acceptors (Lipinski definition) is 3. The van der Waals surface area contributed by atoms with Gasteiger partial charge in [-0.05, 0) is 71.0 Å². The van der Waals surface area contributed by atoms with Crippen LogP contribution in [0.5, 0.6) is 5.75 Å². The molecule has 4 nitrogen and oxygen atoms in total. The molecule has 0 spiro atoms. The highest BCUT2D eigenvalue weighted by Gasteiger charge is 2.09. The van der Waals surface area contributed by atoms with Crippen LogP contribution in [0.4, 0.5) is 0 Å². The van der Waals surface area contributed by atoms with Crippen molar-refractivity contribution < 1.29 is 4.74 Å². The fraction of sp³-hybridized carbons (Fsp3) is 0.111. The van der Waals surface area contributed by atoms with Gasteiger partial charge in [0.2, 0.25) is 0 Å². The molecule has 0 aliphatic rings. The smallest absolute Gasteiger partial charge is 0.149 e. The Morgan fingerprint density at radius 1 is 1.30 bits per heavy atom. The van der Waals surface area contributed by atoms with Crippen LogP contribution in [0.3, 0.4) is 0 Å². The third-order valence-electron chi connectivity index (χ3n) is 3.50. The maximum Gasteiger partial charge on any atom is 0.149 e. The zero-order valence-electron chi connectivity index (χ0n) is 12.7. The normalized spacial score (nSPS) is 11.5. The first-order valence-electron chi connectivity index (χ1n) is 7.03. The quantitative estimate of drug-likeness (QED) is 0.505.